The van der Waals surface area contributed by atoms with Crippen molar-refractivity contribution in [3.8, 4) is 0 Å². The van der Waals surface area contributed by atoms with Gasteiger partial charge in [-0.3, -0.25) is 14.4 Å². The Balaban J connectivity index is 1.74. The predicted octanol–water partition coefficient (Wildman–Crippen LogP) is 2.10. The second-order valence-corrected chi connectivity index (χ2v) is 6.06. The van der Waals surface area contributed by atoms with Crippen molar-refractivity contribution in [2.75, 3.05) is 18.5 Å². The molecular weight excluding hydrogens is 295 g/mol. The molecule has 1 aromatic carbocycles. The van der Waals surface area contributed by atoms with Gasteiger partial charge in [-0.05, 0) is 38.6 Å². The van der Waals surface area contributed by atoms with Crippen LogP contribution in [0, 0.1) is 12.7 Å². The van der Waals surface area contributed by atoms with E-state index in [0.717, 1.165) is 11.4 Å². The Bertz CT molecular complexity index is 727. The number of anilines is 1. The summed E-state index contributed by atoms with van der Waals surface area (Å²) in [5.41, 5.74) is 2.38. The molecule has 23 heavy (non-hydrogen) atoms. The van der Waals surface area contributed by atoms with Gasteiger partial charge in [0, 0.05) is 20.1 Å². The van der Waals surface area contributed by atoms with Crippen LogP contribution in [0.25, 0.3) is 0 Å². The molecule has 0 bridgehead atoms. The van der Waals surface area contributed by atoms with Gasteiger partial charge < -0.3 is 4.90 Å². The van der Waals surface area contributed by atoms with Crippen LogP contribution >= 0.6 is 0 Å². The van der Waals surface area contributed by atoms with Crippen molar-refractivity contribution in [1.29, 1.82) is 0 Å². The fourth-order valence-electron chi connectivity index (χ4n) is 3.16. The summed E-state index contributed by atoms with van der Waals surface area (Å²) in [7, 11) is 3.83. The summed E-state index contributed by atoms with van der Waals surface area (Å²) in [6.07, 6.45) is 0.695. The lowest BCUT2D eigenvalue weighted by molar-refractivity contribution is -0.121. The molecule has 1 fully saturated rings. The maximum absolute atomic E-state index is 13.9. The van der Waals surface area contributed by atoms with Crippen LogP contribution in [-0.2, 0) is 18.4 Å². The molecule has 1 atom stereocenters. The maximum Gasteiger partial charge on any atom is 0.244 e. The molecule has 1 saturated heterocycles. The molecule has 1 aliphatic rings. The Morgan fingerprint density at radius 3 is 2.78 bits per heavy atom. The van der Waals surface area contributed by atoms with E-state index in [9.17, 15) is 9.18 Å². The van der Waals surface area contributed by atoms with E-state index in [0.29, 0.717) is 25.2 Å². The highest BCUT2D eigenvalue weighted by Gasteiger charge is 2.36. The topological polar surface area (TPSA) is 41.4 Å². The number of benzene rings is 1. The van der Waals surface area contributed by atoms with E-state index in [1.807, 2.05) is 36.7 Å². The van der Waals surface area contributed by atoms with Gasteiger partial charge in [0.05, 0.1) is 23.1 Å². The third-order valence-electron chi connectivity index (χ3n) is 4.36. The monoisotopic (exact) mass is 316 g/mol. The molecule has 122 valence electrons. The molecule has 1 amide bonds. The highest BCUT2D eigenvalue weighted by atomic mass is 19.1. The molecular formula is C17H21FN4O. The van der Waals surface area contributed by atoms with Gasteiger partial charge in [-0.25, -0.2) is 4.39 Å². The Hall–Kier alpha value is -2.21. The molecule has 0 saturated carbocycles. The van der Waals surface area contributed by atoms with E-state index in [-0.39, 0.29) is 17.8 Å². The molecule has 6 heteroatoms. The van der Waals surface area contributed by atoms with Crippen LogP contribution in [0.15, 0.2) is 30.3 Å². The smallest absolute Gasteiger partial charge is 0.244 e. The molecule has 0 aliphatic carbocycles. The SMILES string of the molecule is Cc1cc(CN(C)C2CCN(c3ccccc3F)C2=O)n(C)n1. The van der Waals surface area contributed by atoms with E-state index in [4.69, 9.17) is 0 Å². The first-order valence-electron chi connectivity index (χ1n) is 7.73. The van der Waals surface area contributed by atoms with Gasteiger partial charge in [0.25, 0.3) is 0 Å². The van der Waals surface area contributed by atoms with Gasteiger partial charge in [-0.2, -0.15) is 5.10 Å². The summed E-state index contributed by atoms with van der Waals surface area (Å²) in [5, 5.41) is 4.33. The maximum atomic E-state index is 13.9. The van der Waals surface area contributed by atoms with E-state index in [1.54, 1.807) is 23.1 Å². The molecule has 0 spiro atoms. The molecule has 2 aromatic rings. The summed E-state index contributed by atoms with van der Waals surface area (Å²) in [4.78, 5) is 16.2. The molecule has 0 radical (unpaired) electrons. The highest BCUT2D eigenvalue weighted by molar-refractivity contribution is 5.99. The fraction of sp³-hybridized carbons (Fsp3) is 0.412. The van der Waals surface area contributed by atoms with Gasteiger partial charge in [0.15, 0.2) is 0 Å². The number of carbonyl (C=O) groups is 1. The van der Waals surface area contributed by atoms with Crippen molar-refractivity contribution < 1.29 is 9.18 Å². The summed E-state index contributed by atoms with van der Waals surface area (Å²) in [6, 6.07) is 8.21. The zero-order chi connectivity index (χ0) is 16.6. The van der Waals surface area contributed by atoms with E-state index in [2.05, 4.69) is 5.10 Å². The average molecular weight is 316 g/mol. The second-order valence-electron chi connectivity index (χ2n) is 6.06. The molecule has 1 aromatic heterocycles. The standard InChI is InChI=1S/C17H21FN4O/c1-12-10-13(21(3)19-12)11-20(2)16-8-9-22(17(16)23)15-7-5-4-6-14(15)18/h4-7,10,16H,8-9,11H2,1-3H3. The quantitative estimate of drug-likeness (QED) is 0.867. The van der Waals surface area contributed by atoms with Crippen LogP contribution in [0.4, 0.5) is 10.1 Å². The first-order valence-corrected chi connectivity index (χ1v) is 7.73. The van der Waals surface area contributed by atoms with E-state index >= 15 is 0 Å². The molecule has 3 rings (SSSR count). The number of para-hydroxylation sites is 1. The first kappa shape index (κ1) is 15.7. The van der Waals surface area contributed by atoms with Gasteiger partial charge in [-0.15, -0.1) is 0 Å². The summed E-state index contributed by atoms with van der Waals surface area (Å²) >= 11 is 0. The Labute approximate surface area is 135 Å². The van der Waals surface area contributed by atoms with Crippen molar-refractivity contribution in [3.63, 3.8) is 0 Å². The lowest BCUT2D eigenvalue weighted by Gasteiger charge is -2.23. The van der Waals surface area contributed by atoms with E-state index in [1.165, 1.54) is 6.07 Å². The zero-order valence-corrected chi connectivity index (χ0v) is 13.7. The largest absolute Gasteiger partial charge is 0.308 e. The third-order valence-corrected chi connectivity index (χ3v) is 4.36. The fourth-order valence-corrected chi connectivity index (χ4v) is 3.16. The molecule has 1 aliphatic heterocycles. The molecule has 2 heterocycles. The Morgan fingerprint density at radius 1 is 1.39 bits per heavy atom. The second kappa shape index (κ2) is 6.12. The molecule has 0 N–H and O–H groups in total. The number of halogens is 1. The number of amides is 1. The predicted molar refractivity (Wildman–Crippen MR) is 86.6 cm³/mol. The summed E-state index contributed by atoms with van der Waals surface area (Å²) in [5.74, 6) is -0.400. The Kier molecular flexibility index (Phi) is 4.17. The zero-order valence-electron chi connectivity index (χ0n) is 13.7. The number of likely N-dealkylation sites (N-methyl/N-ethyl adjacent to an activating group) is 1. The van der Waals surface area contributed by atoms with Crippen LogP contribution < -0.4 is 4.90 Å². The number of aromatic nitrogens is 2. The van der Waals surface area contributed by atoms with Crippen LogP contribution in [0.1, 0.15) is 17.8 Å². The lowest BCUT2D eigenvalue weighted by Crippen LogP contribution is -2.39. The minimum absolute atomic E-state index is 0.0449. The van der Waals surface area contributed by atoms with Gasteiger partial charge >= 0.3 is 0 Å². The third kappa shape index (κ3) is 2.99. The van der Waals surface area contributed by atoms with Gasteiger partial charge in [0.2, 0.25) is 5.91 Å². The minimum atomic E-state index is -0.355. The minimum Gasteiger partial charge on any atom is -0.308 e. The number of hydrogen-bond donors (Lipinski definition) is 0. The molecule has 1 unspecified atom stereocenters. The van der Waals surface area contributed by atoms with Crippen molar-refractivity contribution in [2.45, 2.75) is 25.9 Å². The lowest BCUT2D eigenvalue weighted by atomic mass is 10.2. The van der Waals surface area contributed by atoms with Crippen molar-refractivity contribution >= 4 is 11.6 Å². The van der Waals surface area contributed by atoms with Crippen LogP contribution in [0.5, 0.6) is 0 Å². The van der Waals surface area contributed by atoms with Crippen LogP contribution in [0.3, 0.4) is 0 Å². The summed E-state index contributed by atoms with van der Waals surface area (Å²) < 4.78 is 15.8. The number of nitrogens with zero attached hydrogens (tertiary/aromatic N) is 4. The number of carbonyl (C=O) groups excluding carboxylic acids is 1. The van der Waals surface area contributed by atoms with Crippen LogP contribution in [-0.4, -0.2) is 40.2 Å². The summed E-state index contributed by atoms with van der Waals surface area (Å²) in [6.45, 7) is 3.13. The van der Waals surface area contributed by atoms with Crippen molar-refractivity contribution in [2.24, 2.45) is 7.05 Å². The molecule has 5 nitrogen and oxygen atoms in total. The number of hydrogen-bond acceptors (Lipinski definition) is 3. The first-order chi connectivity index (χ1) is 11.0. The van der Waals surface area contributed by atoms with Gasteiger partial charge in [-0.1, -0.05) is 12.1 Å². The number of aryl methyl sites for hydroxylation is 2. The van der Waals surface area contributed by atoms with E-state index < -0.39 is 0 Å². The van der Waals surface area contributed by atoms with Crippen molar-refractivity contribution in [1.82, 2.24) is 14.7 Å². The van der Waals surface area contributed by atoms with Crippen molar-refractivity contribution in [3.05, 3.63) is 47.5 Å². The number of rotatable bonds is 4. The highest BCUT2D eigenvalue weighted by Crippen LogP contribution is 2.26. The average Bonchev–Trinajstić information content (AvgIpc) is 3.02. The normalized spacial score (nSPS) is 18.2. The van der Waals surface area contributed by atoms with Gasteiger partial charge in [0.1, 0.15) is 5.82 Å². The van der Waals surface area contributed by atoms with Crippen LogP contribution in [0.2, 0.25) is 0 Å². The Morgan fingerprint density at radius 2 is 2.13 bits per heavy atom.